The minimum absolute atomic E-state index is 0.00829. The molecule has 0 aliphatic rings. The predicted octanol–water partition coefficient (Wildman–Crippen LogP) is 3.30. The third kappa shape index (κ3) is 5.64. The summed E-state index contributed by atoms with van der Waals surface area (Å²) in [6, 6.07) is 13.3. The molecule has 0 saturated carbocycles. The minimum Gasteiger partial charge on any atom is -0.497 e. The molecule has 25 heavy (non-hydrogen) atoms. The summed E-state index contributed by atoms with van der Waals surface area (Å²) in [5.74, 6) is 0.394. The Morgan fingerprint density at radius 3 is 2.16 bits per heavy atom. The molecule has 5 heteroatoms. The second-order valence-electron chi connectivity index (χ2n) is 6.15. The van der Waals surface area contributed by atoms with Crippen molar-refractivity contribution in [1.82, 2.24) is 4.90 Å². The van der Waals surface area contributed by atoms with Crippen molar-refractivity contribution in [2.24, 2.45) is 0 Å². The Hall–Kier alpha value is -2.82. The van der Waals surface area contributed by atoms with Gasteiger partial charge in [-0.15, -0.1) is 0 Å². The smallest absolute Gasteiger partial charge is 0.244 e. The van der Waals surface area contributed by atoms with Crippen molar-refractivity contribution >= 4 is 17.5 Å². The van der Waals surface area contributed by atoms with E-state index in [1.54, 1.807) is 7.11 Å². The van der Waals surface area contributed by atoms with Crippen LogP contribution in [0.25, 0.3) is 0 Å². The van der Waals surface area contributed by atoms with Crippen LogP contribution in [0.3, 0.4) is 0 Å². The molecule has 0 aromatic heterocycles. The summed E-state index contributed by atoms with van der Waals surface area (Å²) in [6.45, 7) is 5.81. The van der Waals surface area contributed by atoms with Crippen LogP contribution in [-0.2, 0) is 16.1 Å². The molecular weight excluding hydrogens is 316 g/mol. The van der Waals surface area contributed by atoms with Crippen molar-refractivity contribution in [3.05, 3.63) is 59.2 Å². The summed E-state index contributed by atoms with van der Waals surface area (Å²) in [6.07, 6.45) is 0. The Morgan fingerprint density at radius 1 is 1.04 bits per heavy atom. The van der Waals surface area contributed by atoms with Crippen LogP contribution in [0.5, 0.6) is 5.75 Å². The summed E-state index contributed by atoms with van der Waals surface area (Å²) < 4.78 is 5.13. The van der Waals surface area contributed by atoms with E-state index in [1.165, 1.54) is 11.8 Å². The number of aryl methyl sites for hydroxylation is 2. The lowest BCUT2D eigenvalue weighted by Gasteiger charge is -2.21. The fourth-order valence-corrected chi connectivity index (χ4v) is 2.65. The molecular formula is C20H24N2O3. The molecule has 0 fully saturated rings. The second-order valence-corrected chi connectivity index (χ2v) is 6.15. The molecule has 1 N–H and O–H groups in total. The SMILES string of the molecule is COc1ccc(CN(CC(=O)Nc2cc(C)cc(C)c2)C(C)=O)cc1. The van der Waals surface area contributed by atoms with Crippen LogP contribution in [0.1, 0.15) is 23.6 Å². The van der Waals surface area contributed by atoms with E-state index >= 15 is 0 Å². The van der Waals surface area contributed by atoms with Crippen molar-refractivity contribution in [1.29, 1.82) is 0 Å². The molecule has 5 nitrogen and oxygen atoms in total. The fourth-order valence-electron chi connectivity index (χ4n) is 2.65. The molecule has 0 aliphatic carbocycles. The van der Waals surface area contributed by atoms with Crippen LogP contribution in [0.15, 0.2) is 42.5 Å². The molecule has 0 spiro atoms. The number of nitrogens with one attached hydrogen (secondary N) is 1. The summed E-state index contributed by atoms with van der Waals surface area (Å²) in [5, 5.41) is 2.86. The highest BCUT2D eigenvalue weighted by Crippen LogP contribution is 2.15. The average Bonchev–Trinajstić information content (AvgIpc) is 2.53. The molecule has 0 heterocycles. The van der Waals surface area contributed by atoms with Crippen molar-refractivity contribution in [2.45, 2.75) is 27.3 Å². The number of rotatable bonds is 6. The standard InChI is InChI=1S/C20H24N2O3/c1-14-9-15(2)11-18(10-14)21-20(24)13-22(16(3)23)12-17-5-7-19(25-4)8-6-17/h5-11H,12-13H2,1-4H3,(H,21,24). The number of ether oxygens (including phenoxy) is 1. The molecule has 0 bridgehead atoms. The summed E-state index contributed by atoms with van der Waals surface area (Å²) in [5.41, 5.74) is 3.85. The Kier molecular flexibility index (Phi) is 6.17. The van der Waals surface area contributed by atoms with E-state index in [-0.39, 0.29) is 18.4 Å². The molecule has 2 amide bonds. The van der Waals surface area contributed by atoms with E-state index in [2.05, 4.69) is 5.32 Å². The van der Waals surface area contributed by atoms with Gasteiger partial charge < -0.3 is 15.0 Å². The maximum Gasteiger partial charge on any atom is 0.244 e. The zero-order chi connectivity index (χ0) is 18.4. The van der Waals surface area contributed by atoms with E-state index in [1.807, 2.05) is 56.3 Å². The number of methoxy groups -OCH3 is 1. The predicted molar refractivity (Wildman–Crippen MR) is 98.6 cm³/mol. The van der Waals surface area contributed by atoms with Crippen molar-refractivity contribution < 1.29 is 14.3 Å². The van der Waals surface area contributed by atoms with Gasteiger partial charge in [0.25, 0.3) is 0 Å². The molecule has 2 rings (SSSR count). The van der Waals surface area contributed by atoms with Crippen molar-refractivity contribution in [3.63, 3.8) is 0 Å². The summed E-state index contributed by atoms with van der Waals surface area (Å²) in [4.78, 5) is 25.7. The number of carbonyl (C=O) groups excluding carboxylic acids is 2. The van der Waals surface area contributed by atoms with Crippen molar-refractivity contribution in [3.8, 4) is 5.75 Å². The third-order valence-electron chi connectivity index (χ3n) is 3.82. The van der Waals surface area contributed by atoms with E-state index in [4.69, 9.17) is 4.74 Å². The lowest BCUT2D eigenvalue weighted by Crippen LogP contribution is -2.36. The first-order valence-electron chi connectivity index (χ1n) is 8.14. The van der Waals surface area contributed by atoms with Crippen LogP contribution >= 0.6 is 0 Å². The first kappa shape index (κ1) is 18.5. The Morgan fingerprint density at radius 2 is 1.64 bits per heavy atom. The number of amides is 2. The number of benzene rings is 2. The molecule has 2 aromatic rings. The van der Waals surface area contributed by atoms with E-state index in [0.717, 1.165) is 28.1 Å². The highest BCUT2D eigenvalue weighted by atomic mass is 16.5. The zero-order valence-electron chi connectivity index (χ0n) is 15.1. The first-order chi connectivity index (χ1) is 11.9. The van der Waals surface area contributed by atoms with Gasteiger partial charge in [0.2, 0.25) is 11.8 Å². The normalized spacial score (nSPS) is 10.2. The van der Waals surface area contributed by atoms with Gasteiger partial charge in [0, 0.05) is 19.2 Å². The lowest BCUT2D eigenvalue weighted by molar-refractivity contribution is -0.133. The average molecular weight is 340 g/mol. The first-order valence-corrected chi connectivity index (χ1v) is 8.14. The van der Waals surface area contributed by atoms with Gasteiger partial charge >= 0.3 is 0 Å². The monoisotopic (exact) mass is 340 g/mol. The molecule has 0 atom stereocenters. The second kappa shape index (κ2) is 8.33. The topological polar surface area (TPSA) is 58.6 Å². The highest BCUT2D eigenvalue weighted by Gasteiger charge is 2.14. The van der Waals surface area contributed by atoms with Crippen LogP contribution in [-0.4, -0.2) is 30.4 Å². The number of nitrogens with zero attached hydrogens (tertiary/aromatic N) is 1. The van der Waals surface area contributed by atoms with Crippen LogP contribution in [0, 0.1) is 13.8 Å². The lowest BCUT2D eigenvalue weighted by atomic mass is 10.1. The summed E-state index contributed by atoms with van der Waals surface area (Å²) >= 11 is 0. The Bertz CT molecular complexity index is 734. The molecule has 0 aliphatic heterocycles. The Labute approximate surface area is 148 Å². The van der Waals surface area contributed by atoms with Crippen LogP contribution in [0.4, 0.5) is 5.69 Å². The third-order valence-corrected chi connectivity index (χ3v) is 3.82. The van der Waals surface area contributed by atoms with E-state index in [9.17, 15) is 9.59 Å². The van der Waals surface area contributed by atoms with Crippen molar-refractivity contribution in [2.75, 3.05) is 19.0 Å². The zero-order valence-corrected chi connectivity index (χ0v) is 15.1. The molecule has 2 aromatic carbocycles. The fraction of sp³-hybridized carbons (Fsp3) is 0.300. The number of hydrogen-bond acceptors (Lipinski definition) is 3. The van der Waals surface area contributed by atoms with Gasteiger partial charge in [-0.05, 0) is 54.8 Å². The van der Waals surface area contributed by atoms with Gasteiger partial charge in [0.15, 0.2) is 0 Å². The van der Waals surface area contributed by atoms with Crippen LogP contribution in [0.2, 0.25) is 0 Å². The molecule has 0 radical (unpaired) electrons. The number of hydrogen-bond donors (Lipinski definition) is 1. The van der Waals surface area contributed by atoms with Gasteiger partial charge in [0.05, 0.1) is 7.11 Å². The molecule has 0 unspecified atom stereocenters. The maximum absolute atomic E-state index is 12.3. The number of carbonyl (C=O) groups is 2. The Balaban J connectivity index is 2.02. The van der Waals surface area contributed by atoms with E-state index < -0.39 is 0 Å². The van der Waals surface area contributed by atoms with Gasteiger partial charge in [-0.3, -0.25) is 9.59 Å². The minimum atomic E-state index is -0.214. The van der Waals surface area contributed by atoms with Gasteiger partial charge in [-0.1, -0.05) is 18.2 Å². The van der Waals surface area contributed by atoms with Gasteiger partial charge in [-0.2, -0.15) is 0 Å². The molecule has 132 valence electrons. The quantitative estimate of drug-likeness (QED) is 0.878. The number of anilines is 1. The van der Waals surface area contributed by atoms with E-state index in [0.29, 0.717) is 6.54 Å². The maximum atomic E-state index is 12.3. The molecule has 0 saturated heterocycles. The van der Waals surface area contributed by atoms with Gasteiger partial charge in [-0.25, -0.2) is 0 Å². The van der Waals surface area contributed by atoms with Crippen LogP contribution < -0.4 is 10.1 Å². The van der Waals surface area contributed by atoms with Gasteiger partial charge in [0.1, 0.15) is 12.3 Å². The largest absolute Gasteiger partial charge is 0.497 e. The highest BCUT2D eigenvalue weighted by molar-refractivity contribution is 5.94. The summed E-state index contributed by atoms with van der Waals surface area (Å²) in [7, 11) is 1.61.